The summed E-state index contributed by atoms with van der Waals surface area (Å²) in [7, 11) is 1.78. The summed E-state index contributed by atoms with van der Waals surface area (Å²) in [5, 5.41) is 9.21. The predicted octanol–water partition coefficient (Wildman–Crippen LogP) is 1.29. The Morgan fingerprint density at radius 2 is 2.15 bits per heavy atom. The maximum absolute atomic E-state index is 10.9. The molecule has 1 N–H and O–H groups in total. The van der Waals surface area contributed by atoms with Crippen LogP contribution in [0.2, 0.25) is 0 Å². The van der Waals surface area contributed by atoms with Crippen LogP contribution in [0, 0.1) is 0 Å². The van der Waals surface area contributed by atoms with Crippen LogP contribution in [0.1, 0.15) is 20.8 Å². The predicted molar refractivity (Wildman–Crippen MR) is 50.2 cm³/mol. The third-order valence-corrected chi connectivity index (χ3v) is 1.63. The van der Waals surface area contributed by atoms with E-state index in [4.69, 9.17) is 0 Å². The molecule has 0 amide bonds. The van der Waals surface area contributed by atoms with Crippen LogP contribution in [0.15, 0.2) is 12.0 Å². The van der Waals surface area contributed by atoms with Gasteiger partial charge in [-0.15, -0.1) is 0 Å². The molecule has 0 saturated carbocycles. The lowest BCUT2D eigenvalue weighted by Crippen LogP contribution is -2.22. The van der Waals surface area contributed by atoms with Crippen molar-refractivity contribution in [2.75, 3.05) is 13.7 Å². The number of nitrogens with zero attached hydrogens (tertiary/aromatic N) is 1. The standard InChI is InChI=1S/C9H17NO3/c1-5-13-9(12)8(11)6-10(4)7(2)3/h6-7,11H,5H2,1-4H3/b8-6-. The molecule has 0 radical (unpaired) electrons. The molecule has 4 nitrogen and oxygen atoms in total. The molecule has 76 valence electrons. The van der Waals surface area contributed by atoms with Crippen LogP contribution in [-0.4, -0.2) is 35.7 Å². The molecular formula is C9H17NO3. The van der Waals surface area contributed by atoms with Gasteiger partial charge in [-0.25, -0.2) is 4.79 Å². The van der Waals surface area contributed by atoms with E-state index in [-0.39, 0.29) is 18.4 Å². The van der Waals surface area contributed by atoms with E-state index in [1.807, 2.05) is 13.8 Å². The Bertz CT molecular complexity index is 199. The van der Waals surface area contributed by atoms with Crippen LogP contribution in [0.5, 0.6) is 0 Å². The van der Waals surface area contributed by atoms with Gasteiger partial charge in [-0.3, -0.25) is 0 Å². The van der Waals surface area contributed by atoms with Crippen molar-refractivity contribution in [3.05, 3.63) is 12.0 Å². The molecule has 4 heteroatoms. The summed E-state index contributed by atoms with van der Waals surface area (Å²) in [6, 6.07) is 0.233. The molecule has 0 fully saturated rings. The van der Waals surface area contributed by atoms with Gasteiger partial charge < -0.3 is 14.7 Å². The van der Waals surface area contributed by atoms with Gasteiger partial charge in [-0.2, -0.15) is 0 Å². The first kappa shape index (κ1) is 11.8. The lowest BCUT2D eigenvalue weighted by atomic mass is 10.3. The maximum atomic E-state index is 10.9. The lowest BCUT2D eigenvalue weighted by Gasteiger charge is -2.18. The van der Waals surface area contributed by atoms with Crippen LogP contribution in [0.25, 0.3) is 0 Å². The number of hydrogen-bond donors (Lipinski definition) is 1. The third-order valence-electron chi connectivity index (χ3n) is 1.63. The van der Waals surface area contributed by atoms with E-state index in [2.05, 4.69) is 4.74 Å². The number of esters is 1. The van der Waals surface area contributed by atoms with Gasteiger partial charge in [0.25, 0.3) is 0 Å². The summed E-state index contributed by atoms with van der Waals surface area (Å²) in [4.78, 5) is 12.7. The Balaban J connectivity index is 4.22. The van der Waals surface area contributed by atoms with E-state index in [0.717, 1.165) is 0 Å². The average molecular weight is 187 g/mol. The second kappa shape index (κ2) is 5.45. The average Bonchev–Trinajstić information content (AvgIpc) is 2.04. The summed E-state index contributed by atoms with van der Waals surface area (Å²) < 4.78 is 4.60. The summed E-state index contributed by atoms with van der Waals surface area (Å²) in [5.41, 5.74) is 0. The largest absolute Gasteiger partial charge is 0.501 e. The molecule has 0 aromatic heterocycles. The minimum atomic E-state index is -0.685. The first-order valence-electron chi connectivity index (χ1n) is 4.28. The van der Waals surface area contributed by atoms with Gasteiger partial charge in [-0.05, 0) is 20.8 Å². The normalized spacial score (nSPS) is 11.6. The van der Waals surface area contributed by atoms with Crippen LogP contribution in [0.3, 0.4) is 0 Å². The highest BCUT2D eigenvalue weighted by Crippen LogP contribution is 1.99. The molecule has 0 aromatic rings. The fraction of sp³-hybridized carbons (Fsp3) is 0.667. The highest BCUT2D eigenvalue weighted by Gasteiger charge is 2.09. The van der Waals surface area contributed by atoms with Gasteiger partial charge in [0.2, 0.25) is 5.76 Å². The van der Waals surface area contributed by atoms with Gasteiger partial charge in [0, 0.05) is 19.3 Å². The van der Waals surface area contributed by atoms with Crippen molar-refractivity contribution < 1.29 is 14.6 Å². The number of ether oxygens (including phenoxy) is 1. The van der Waals surface area contributed by atoms with Crippen molar-refractivity contribution in [1.29, 1.82) is 0 Å². The van der Waals surface area contributed by atoms with Crippen molar-refractivity contribution in [2.24, 2.45) is 0 Å². The Morgan fingerprint density at radius 3 is 2.54 bits per heavy atom. The maximum Gasteiger partial charge on any atom is 0.374 e. The summed E-state index contributed by atoms with van der Waals surface area (Å²) >= 11 is 0. The van der Waals surface area contributed by atoms with E-state index >= 15 is 0 Å². The van der Waals surface area contributed by atoms with Crippen molar-refractivity contribution in [3.8, 4) is 0 Å². The van der Waals surface area contributed by atoms with Gasteiger partial charge in [-0.1, -0.05) is 0 Å². The van der Waals surface area contributed by atoms with E-state index in [1.54, 1.807) is 18.9 Å². The zero-order chi connectivity index (χ0) is 10.4. The topological polar surface area (TPSA) is 49.8 Å². The summed E-state index contributed by atoms with van der Waals surface area (Å²) in [5.74, 6) is -1.05. The van der Waals surface area contributed by atoms with Crippen LogP contribution in [-0.2, 0) is 9.53 Å². The Morgan fingerprint density at radius 1 is 1.62 bits per heavy atom. The van der Waals surface area contributed by atoms with Crippen LogP contribution < -0.4 is 0 Å². The third kappa shape index (κ3) is 4.40. The number of rotatable bonds is 4. The number of aliphatic hydroxyl groups excluding tert-OH is 1. The molecule has 0 heterocycles. The molecule has 0 saturated heterocycles. The fourth-order valence-electron chi connectivity index (χ4n) is 0.600. The van der Waals surface area contributed by atoms with Crippen molar-refractivity contribution in [2.45, 2.75) is 26.8 Å². The van der Waals surface area contributed by atoms with Crippen molar-refractivity contribution in [1.82, 2.24) is 4.90 Å². The van der Waals surface area contributed by atoms with E-state index in [1.165, 1.54) is 6.20 Å². The van der Waals surface area contributed by atoms with Crippen molar-refractivity contribution in [3.63, 3.8) is 0 Å². The number of hydrogen-bond acceptors (Lipinski definition) is 4. The highest BCUT2D eigenvalue weighted by atomic mass is 16.5. The van der Waals surface area contributed by atoms with Crippen molar-refractivity contribution >= 4 is 5.97 Å². The minimum absolute atomic E-state index is 0.233. The van der Waals surface area contributed by atoms with Crippen LogP contribution >= 0.6 is 0 Å². The molecule has 0 rings (SSSR count). The monoisotopic (exact) mass is 187 g/mol. The zero-order valence-electron chi connectivity index (χ0n) is 8.57. The molecule has 0 aliphatic rings. The molecule has 0 aliphatic carbocycles. The number of carbonyl (C=O) groups excluding carboxylic acids is 1. The number of carbonyl (C=O) groups is 1. The Hall–Kier alpha value is -1.19. The summed E-state index contributed by atoms with van der Waals surface area (Å²) in [6.07, 6.45) is 1.36. The van der Waals surface area contributed by atoms with Gasteiger partial charge in [0.1, 0.15) is 0 Å². The first-order valence-corrected chi connectivity index (χ1v) is 4.28. The lowest BCUT2D eigenvalue weighted by molar-refractivity contribution is -0.141. The molecule has 0 bridgehead atoms. The minimum Gasteiger partial charge on any atom is -0.501 e. The molecule has 0 unspecified atom stereocenters. The molecular weight excluding hydrogens is 170 g/mol. The fourth-order valence-corrected chi connectivity index (χ4v) is 0.600. The molecule has 0 aliphatic heterocycles. The second-order valence-corrected chi connectivity index (χ2v) is 2.99. The van der Waals surface area contributed by atoms with Gasteiger partial charge >= 0.3 is 5.97 Å². The quantitative estimate of drug-likeness (QED) is 0.409. The smallest absolute Gasteiger partial charge is 0.374 e. The molecule has 0 spiro atoms. The van der Waals surface area contributed by atoms with Gasteiger partial charge in [0.05, 0.1) is 6.61 Å². The Labute approximate surface area is 78.8 Å². The molecule has 13 heavy (non-hydrogen) atoms. The van der Waals surface area contributed by atoms with E-state index < -0.39 is 5.97 Å². The van der Waals surface area contributed by atoms with E-state index in [9.17, 15) is 9.90 Å². The Kier molecular flexibility index (Phi) is 4.96. The van der Waals surface area contributed by atoms with Crippen LogP contribution in [0.4, 0.5) is 0 Å². The highest BCUT2D eigenvalue weighted by molar-refractivity contribution is 5.85. The first-order chi connectivity index (χ1) is 5.99. The summed E-state index contributed by atoms with van der Waals surface area (Å²) in [6.45, 7) is 5.86. The molecule has 0 aromatic carbocycles. The SMILES string of the molecule is CCOC(=O)/C(O)=C/N(C)C(C)C. The van der Waals surface area contributed by atoms with Gasteiger partial charge in [0.15, 0.2) is 0 Å². The number of aliphatic hydroxyl groups is 1. The second-order valence-electron chi connectivity index (χ2n) is 2.99. The van der Waals surface area contributed by atoms with E-state index in [0.29, 0.717) is 0 Å². The zero-order valence-corrected chi connectivity index (χ0v) is 8.57. The molecule has 0 atom stereocenters.